The van der Waals surface area contributed by atoms with Crippen LogP contribution in [-0.4, -0.2) is 21.8 Å². The smallest absolute Gasteiger partial charge is 0.266 e. The molecule has 0 fully saturated rings. The zero-order valence-electron chi connectivity index (χ0n) is 16.5. The first-order valence-electron chi connectivity index (χ1n) is 9.51. The largest absolute Gasteiger partial charge is 0.497 e. The third-order valence-electron chi connectivity index (χ3n) is 4.73. The van der Waals surface area contributed by atoms with Gasteiger partial charge < -0.3 is 13.7 Å². The molecule has 8 heteroatoms. The Hall–Kier alpha value is -3.78. The van der Waals surface area contributed by atoms with Crippen LogP contribution in [0.1, 0.15) is 5.69 Å². The van der Waals surface area contributed by atoms with Crippen molar-refractivity contribution in [3.63, 3.8) is 0 Å². The van der Waals surface area contributed by atoms with E-state index in [1.165, 1.54) is 11.8 Å². The third-order valence-corrected chi connectivity index (χ3v) is 5.70. The molecule has 7 nitrogen and oxygen atoms in total. The molecule has 0 spiro atoms. The van der Waals surface area contributed by atoms with Crippen LogP contribution < -0.4 is 10.3 Å². The normalized spacial score (nSPS) is 11.1. The molecule has 0 unspecified atom stereocenters. The Morgan fingerprint density at radius 2 is 1.94 bits per heavy atom. The number of ether oxygens (including phenoxy) is 1. The van der Waals surface area contributed by atoms with E-state index < -0.39 is 0 Å². The molecule has 31 heavy (non-hydrogen) atoms. The summed E-state index contributed by atoms with van der Waals surface area (Å²) in [6.07, 6.45) is 1.58. The number of fused-ring (bicyclic) bond motifs is 1. The minimum absolute atomic E-state index is 0.141. The van der Waals surface area contributed by atoms with Gasteiger partial charge in [0.2, 0.25) is 5.76 Å². The molecule has 3 aromatic heterocycles. The van der Waals surface area contributed by atoms with E-state index in [-0.39, 0.29) is 5.56 Å². The second kappa shape index (κ2) is 8.16. The van der Waals surface area contributed by atoms with Gasteiger partial charge in [0.25, 0.3) is 5.56 Å². The maximum Gasteiger partial charge on any atom is 0.266 e. The van der Waals surface area contributed by atoms with E-state index in [4.69, 9.17) is 18.7 Å². The van der Waals surface area contributed by atoms with Crippen LogP contribution >= 0.6 is 11.8 Å². The average Bonchev–Trinajstić information content (AvgIpc) is 3.50. The van der Waals surface area contributed by atoms with Crippen LogP contribution in [0.2, 0.25) is 0 Å². The van der Waals surface area contributed by atoms with Gasteiger partial charge in [0.05, 0.1) is 35.7 Å². The lowest BCUT2D eigenvalue weighted by molar-refractivity contribution is 0.413. The first kappa shape index (κ1) is 19.2. The second-order valence-corrected chi connectivity index (χ2v) is 7.64. The summed E-state index contributed by atoms with van der Waals surface area (Å²) in [7, 11) is 1.59. The van der Waals surface area contributed by atoms with Gasteiger partial charge in [0.1, 0.15) is 5.75 Å². The molecular weight excluding hydrogens is 414 g/mol. The van der Waals surface area contributed by atoms with Gasteiger partial charge in [-0.25, -0.2) is 4.98 Å². The lowest BCUT2D eigenvalue weighted by Gasteiger charge is -2.13. The Bertz CT molecular complexity index is 1410. The lowest BCUT2D eigenvalue weighted by atomic mass is 10.2. The summed E-state index contributed by atoms with van der Waals surface area (Å²) in [4.78, 5) is 18.1. The Balaban J connectivity index is 1.55. The van der Waals surface area contributed by atoms with Crippen molar-refractivity contribution in [2.24, 2.45) is 0 Å². The highest BCUT2D eigenvalue weighted by molar-refractivity contribution is 7.98. The van der Waals surface area contributed by atoms with Gasteiger partial charge in [-0.3, -0.25) is 9.36 Å². The van der Waals surface area contributed by atoms with E-state index in [2.05, 4.69) is 5.16 Å². The average molecular weight is 431 g/mol. The maximum atomic E-state index is 13.3. The summed E-state index contributed by atoms with van der Waals surface area (Å²) in [6.45, 7) is 0. The van der Waals surface area contributed by atoms with Crippen LogP contribution in [0.3, 0.4) is 0 Å². The molecule has 0 aliphatic heterocycles. The number of benzene rings is 2. The molecule has 0 aliphatic carbocycles. The topological polar surface area (TPSA) is 83.3 Å². The Morgan fingerprint density at radius 3 is 2.77 bits per heavy atom. The molecule has 2 aromatic carbocycles. The number of hydrogen-bond acceptors (Lipinski definition) is 7. The van der Waals surface area contributed by atoms with Crippen LogP contribution in [0, 0.1) is 0 Å². The summed E-state index contributed by atoms with van der Waals surface area (Å²) in [5, 5.41) is 5.22. The number of rotatable bonds is 6. The minimum atomic E-state index is -0.141. The number of nitrogens with zero attached hydrogens (tertiary/aromatic N) is 3. The molecule has 0 radical (unpaired) electrons. The van der Waals surface area contributed by atoms with Crippen LogP contribution in [0.25, 0.3) is 28.1 Å². The number of hydrogen-bond donors (Lipinski definition) is 0. The number of methoxy groups -OCH3 is 1. The van der Waals surface area contributed by atoms with Gasteiger partial charge in [-0.15, -0.1) is 0 Å². The number of furan rings is 1. The number of thioether (sulfide) groups is 1. The number of aromatic nitrogens is 3. The van der Waals surface area contributed by atoms with Gasteiger partial charge in [0.15, 0.2) is 10.9 Å². The standard InChI is InChI=1S/C23H17N3O4S/c1-28-17-7-4-6-16(13-17)26-22(27)18-8-2-3-9-19(18)24-23(26)31-14-15-12-21(30-25-15)20-10-5-11-29-20/h2-13H,14H2,1H3. The fourth-order valence-corrected chi connectivity index (χ4v) is 4.13. The lowest BCUT2D eigenvalue weighted by Crippen LogP contribution is -2.21. The van der Waals surface area contributed by atoms with Gasteiger partial charge >= 0.3 is 0 Å². The van der Waals surface area contributed by atoms with Gasteiger partial charge in [0, 0.05) is 17.9 Å². The molecule has 0 amide bonds. The van der Waals surface area contributed by atoms with E-state index >= 15 is 0 Å². The minimum Gasteiger partial charge on any atom is -0.497 e. The second-order valence-electron chi connectivity index (χ2n) is 6.70. The van der Waals surface area contributed by atoms with Crippen molar-refractivity contribution in [3.05, 3.63) is 89.0 Å². The molecule has 5 aromatic rings. The van der Waals surface area contributed by atoms with Crippen molar-refractivity contribution in [2.45, 2.75) is 10.9 Å². The van der Waals surface area contributed by atoms with Crippen molar-refractivity contribution in [3.8, 4) is 23.0 Å². The Labute approximate surface area is 181 Å². The van der Waals surface area contributed by atoms with Crippen LogP contribution in [-0.2, 0) is 5.75 Å². The zero-order chi connectivity index (χ0) is 21.2. The van der Waals surface area contributed by atoms with Crippen LogP contribution in [0.15, 0.2) is 91.9 Å². The van der Waals surface area contributed by atoms with E-state index in [1.807, 2.05) is 54.6 Å². The van der Waals surface area contributed by atoms with E-state index in [1.54, 1.807) is 30.1 Å². The van der Waals surface area contributed by atoms with Gasteiger partial charge in [-0.05, 0) is 36.4 Å². The Kier molecular flexibility index (Phi) is 5.05. The summed E-state index contributed by atoms with van der Waals surface area (Å²) >= 11 is 1.41. The molecule has 5 rings (SSSR count). The van der Waals surface area contributed by atoms with Crippen LogP contribution in [0.4, 0.5) is 0 Å². The van der Waals surface area contributed by atoms with Crippen LogP contribution in [0.5, 0.6) is 5.75 Å². The van der Waals surface area contributed by atoms with Crippen molar-refractivity contribution < 1.29 is 13.7 Å². The van der Waals surface area contributed by atoms with Crippen molar-refractivity contribution in [1.82, 2.24) is 14.7 Å². The molecule has 3 heterocycles. The molecule has 0 aliphatic rings. The third kappa shape index (κ3) is 3.73. The first-order valence-corrected chi connectivity index (χ1v) is 10.5. The molecule has 0 saturated heterocycles. The van der Waals surface area contributed by atoms with Crippen molar-refractivity contribution >= 4 is 22.7 Å². The fourth-order valence-electron chi connectivity index (χ4n) is 3.24. The molecule has 0 bridgehead atoms. The predicted molar refractivity (Wildman–Crippen MR) is 118 cm³/mol. The van der Waals surface area contributed by atoms with E-state index in [9.17, 15) is 4.79 Å². The highest BCUT2D eigenvalue weighted by Crippen LogP contribution is 2.28. The summed E-state index contributed by atoms with van der Waals surface area (Å²) in [5.74, 6) is 2.30. The van der Waals surface area contributed by atoms with Gasteiger partial charge in [-0.1, -0.05) is 35.1 Å². The quantitative estimate of drug-likeness (QED) is 0.278. The first-order chi connectivity index (χ1) is 15.2. The predicted octanol–water partition coefficient (Wildman–Crippen LogP) is 4.93. The van der Waals surface area contributed by atoms with E-state index in [0.29, 0.717) is 44.8 Å². The summed E-state index contributed by atoms with van der Waals surface area (Å²) < 4.78 is 17.7. The molecule has 154 valence electrons. The molecule has 0 N–H and O–H groups in total. The molecule has 0 atom stereocenters. The summed E-state index contributed by atoms with van der Waals surface area (Å²) in [6, 6.07) is 20.1. The number of para-hydroxylation sites is 1. The SMILES string of the molecule is COc1cccc(-n2c(SCc3cc(-c4ccco4)on3)nc3ccccc3c2=O)c1. The van der Waals surface area contributed by atoms with E-state index in [0.717, 1.165) is 5.69 Å². The molecule has 0 saturated carbocycles. The van der Waals surface area contributed by atoms with Gasteiger partial charge in [-0.2, -0.15) is 0 Å². The highest BCUT2D eigenvalue weighted by atomic mass is 32.2. The fraction of sp³-hybridized carbons (Fsp3) is 0.0870. The maximum absolute atomic E-state index is 13.3. The Morgan fingerprint density at radius 1 is 1.03 bits per heavy atom. The highest BCUT2D eigenvalue weighted by Gasteiger charge is 2.16. The van der Waals surface area contributed by atoms with Crippen molar-refractivity contribution in [2.75, 3.05) is 7.11 Å². The van der Waals surface area contributed by atoms with Crippen molar-refractivity contribution in [1.29, 1.82) is 0 Å². The molecular formula is C23H17N3O4S. The zero-order valence-corrected chi connectivity index (χ0v) is 17.3. The summed E-state index contributed by atoms with van der Waals surface area (Å²) in [5.41, 5.74) is 1.90. The monoisotopic (exact) mass is 431 g/mol.